The first-order valence-corrected chi connectivity index (χ1v) is 10.6. The second kappa shape index (κ2) is 8.69. The Kier molecular flexibility index (Phi) is 5.84. The number of rotatable bonds is 5. The largest absolute Gasteiger partial charge is 0.475 e. The standard InChI is InChI=1S/C24H28N4O2/c1-4-30-24-22(25-20-9-5-6-10-21(20)27-24)28-13-7-8-18(15-28)23(29)26-19-12-11-16(2)14-17(19)3/h5-6,9-12,14,18H,4,7-8,13,15H2,1-3H3,(H,26,29)/t18-/m0/s1. The fourth-order valence-corrected chi connectivity index (χ4v) is 3.99. The number of para-hydroxylation sites is 2. The van der Waals surface area contributed by atoms with Crippen LogP contribution in [0.4, 0.5) is 11.5 Å². The summed E-state index contributed by atoms with van der Waals surface area (Å²) < 4.78 is 5.80. The molecule has 0 radical (unpaired) electrons. The molecule has 4 rings (SSSR count). The Bertz CT molecular complexity index is 1070. The van der Waals surface area contributed by atoms with Crippen LogP contribution in [0.5, 0.6) is 5.88 Å². The van der Waals surface area contributed by atoms with Gasteiger partial charge < -0.3 is 15.0 Å². The highest BCUT2D eigenvalue weighted by Gasteiger charge is 2.29. The summed E-state index contributed by atoms with van der Waals surface area (Å²) in [6.07, 6.45) is 1.78. The molecule has 1 aliphatic heterocycles. The monoisotopic (exact) mass is 404 g/mol. The summed E-state index contributed by atoms with van der Waals surface area (Å²) in [5, 5.41) is 3.12. The van der Waals surface area contributed by atoms with Crippen LogP contribution in [0.2, 0.25) is 0 Å². The van der Waals surface area contributed by atoms with Crippen molar-refractivity contribution in [2.24, 2.45) is 5.92 Å². The third-order valence-electron chi connectivity index (χ3n) is 5.53. The molecule has 1 aliphatic rings. The number of hydrogen-bond donors (Lipinski definition) is 1. The highest BCUT2D eigenvalue weighted by molar-refractivity contribution is 5.93. The molecule has 0 saturated carbocycles. The number of nitrogens with one attached hydrogen (secondary N) is 1. The summed E-state index contributed by atoms with van der Waals surface area (Å²) in [5.74, 6) is 1.20. The number of carbonyl (C=O) groups is 1. The Balaban J connectivity index is 1.56. The number of aryl methyl sites for hydroxylation is 2. The summed E-state index contributed by atoms with van der Waals surface area (Å²) in [6, 6.07) is 13.9. The Labute approximate surface area is 177 Å². The fraction of sp³-hybridized carbons (Fsp3) is 0.375. The van der Waals surface area contributed by atoms with Gasteiger partial charge in [-0.1, -0.05) is 29.8 Å². The van der Waals surface area contributed by atoms with Gasteiger partial charge in [0.2, 0.25) is 5.91 Å². The maximum absolute atomic E-state index is 13.0. The lowest BCUT2D eigenvalue weighted by atomic mass is 9.96. The molecule has 0 unspecified atom stereocenters. The predicted molar refractivity (Wildman–Crippen MR) is 120 cm³/mol. The molecule has 30 heavy (non-hydrogen) atoms. The number of aromatic nitrogens is 2. The van der Waals surface area contributed by atoms with Crippen LogP contribution in [0, 0.1) is 19.8 Å². The van der Waals surface area contributed by atoms with Crippen molar-refractivity contribution in [2.45, 2.75) is 33.6 Å². The van der Waals surface area contributed by atoms with E-state index in [4.69, 9.17) is 9.72 Å². The van der Waals surface area contributed by atoms with E-state index < -0.39 is 0 Å². The molecule has 1 saturated heterocycles. The van der Waals surface area contributed by atoms with Crippen molar-refractivity contribution in [1.82, 2.24) is 9.97 Å². The van der Waals surface area contributed by atoms with Crippen LogP contribution in [0.15, 0.2) is 42.5 Å². The van der Waals surface area contributed by atoms with Crippen LogP contribution in [0.1, 0.15) is 30.9 Å². The maximum atomic E-state index is 13.0. The van der Waals surface area contributed by atoms with Gasteiger partial charge in [0.1, 0.15) is 0 Å². The average molecular weight is 405 g/mol. The number of nitrogens with zero attached hydrogens (tertiary/aromatic N) is 3. The number of hydrogen-bond acceptors (Lipinski definition) is 5. The molecule has 2 aromatic carbocycles. The predicted octanol–water partition coefficient (Wildman–Crippen LogP) is 4.50. The third-order valence-corrected chi connectivity index (χ3v) is 5.53. The first kappa shape index (κ1) is 20.1. The zero-order valence-electron chi connectivity index (χ0n) is 17.8. The number of benzene rings is 2. The molecule has 1 atom stereocenters. The quantitative estimate of drug-likeness (QED) is 0.678. The van der Waals surface area contributed by atoms with Crippen molar-refractivity contribution in [1.29, 1.82) is 0 Å². The van der Waals surface area contributed by atoms with Crippen LogP contribution < -0.4 is 15.0 Å². The van der Waals surface area contributed by atoms with E-state index in [0.29, 0.717) is 19.0 Å². The molecule has 1 amide bonds. The van der Waals surface area contributed by atoms with Gasteiger partial charge in [-0.2, -0.15) is 0 Å². The molecule has 2 heterocycles. The van der Waals surface area contributed by atoms with Crippen molar-refractivity contribution in [3.63, 3.8) is 0 Å². The number of fused-ring (bicyclic) bond motifs is 1. The molecule has 3 aromatic rings. The topological polar surface area (TPSA) is 67.4 Å². The van der Waals surface area contributed by atoms with Gasteiger partial charge >= 0.3 is 0 Å². The van der Waals surface area contributed by atoms with Gasteiger partial charge in [0.25, 0.3) is 5.88 Å². The summed E-state index contributed by atoms with van der Waals surface area (Å²) in [7, 11) is 0. The Hall–Kier alpha value is -3.15. The summed E-state index contributed by atoms with van der Waals surface area (Å²) >= 11 is 0. The van der Waals surface area contributed by atoms with Gasteiger partial charge in [-0.15, -0.1) is 0 Å². The van der Waals surface area contributed by atoms with Crippen molar-refractivity contribution in [3.05, 3.63) is 53.6 Å². The van der Waals surface area contributed by atoms with Crippen LogP contribution in [0.25, 0.3) is 11.0 Å². The zero-order valence-corrected chi connectivity index (χ0v) is 17.8. The van der Waals surface area contributed by atoms with E-state index in [1.54, 1.807) is 0 Å². The molecule has 1 fully saturated rings. The van der Waals surface area contributed by atoms with Crippen LogP contribution >= 0.6 is 0 Å². The van der Waals surface area contributed by atoms with Crippen molar-refractivity contribution in [3.8, 4) is 5.88 Å². The maximum Gasteiger partial charge on any atom is 0.258 e. The van der Waals surface area contributed by atoms with Crippen molar-refractivity contribution in [2.75, 3.05) is 29.9 Å². The minimum absolute atomic E-state index is 0.0540. The fourth-order valence-electron chi connectivity index (χ4n) is 3.99. The third kappa shape index (κ3) is 4.22. The number of carbonyl (C=O) groups excluding carboxylic acids is 1. The Morgan fingerprint density at radius 2 is 1.93 bits per heavy atom. The molecule has 0 aliphatic carbocycles. The molecule has 6 heteroatoms. The molecule has 1 aromatic heterocycles. The first-order chi connectivity index (χ1) is 14.5. The first-order valence-electron chi connectivity index (χ1n) is 10.6. The lowest BCUT2D eigenvalue weighted by Crippen LogP contribution is -2.41. The van der Waals surface area contributed by atoms with Gasteiger partial charge in [-0.3, -0.25) is 4.79 Å². The van der Waals surface area contributed by atoms with Gasteiger partial charge in [0.05, 0.1) is 23.6 Å². The molecular formula is C24H28N4O2. The van der Waals surface area contributed by atoms with E-state index >= 15 is 0 Å². The molecule has 6 nitrogen and oxygen atoms in total. The summed E-state index contributed by atoms with van der Waals surface area (Å²) in [6.45, 7) is 7.97. The van der Waals surface area contributed by atoms with E-state index in [2.05, 4.69) is 28.2 Å². The Morgan fingerprint density at radius 3 is 2.67 bits per heavy atom. The van der Waals surface area contributed by atoms with E-state index in [9.17, 15) is 4.79 Å². The lowest BCUT2D eigenvalue weighted by molar-refractivity contribution is -0.120. The van der Waals surface area contributed by atoms with Crippen LogP contribution in [0.3, 0.4) is 0 Å². The van der Waals surface area contributed by atoms with Crippen LogP contribution in [-0.2, 0) is 4.79 Å². The minimum Gasteiger partial charge on any atom is -0.475 e. The summed E-state index contributed by atoms with van der Waals surface area (Å²) in [4.78, 5) is 24.6. The van der Waals surface area contributed by atoms with E-state index in [1.807, 2.05) is 50.2 Å². The Morgan fingerprint density at radius 1 is 1.17 bits per heavy atom. The minimum atomic E-state index is -0.109. The average Bonchev–Trinajstić information content (AvgIpc) is 2.75. The van der Waals surface area contributed by atoms with E-state index in [0.717, 1.165) is 47.5 Å². The molecule has 1 N–H and O–H groups in total. The van der Waals surface area contributed by atoms with Crippen molar-refractivity contribution >= 4 is 28.4 Å². The second-order valence-corrected chi connectivity index (χ2v) is 7.87. The smallest absolute Gasteiger partial charge is 0.258 e. The van der Waals surface area contributed by atoms with E-state index in [1.165, 1.54) is 5.56 Å². The zero-order chi connectivity index (χ0) is 21.1. The molecular weight excluding hydrogens is 376 g/mol. The molecule has 156 valence electrons. The highest BCUT2D eigenvalue weighted by atomic mass is 16.5. The SMILES string of the molecule is CCOc1nc2ccccc2nc1N1CCC[C@H](C(=O)Nc2ccc(C)cc2C)C1. The van der Waals surface area contributed by atoms with Gasteiger partial charge in [-0.25, -0.2) is 9.97 Å². The lowest BCUT2D eigenvalue weighted by Gasteiger charge is -2.33. The normalized spacial score (nSPS) is 16.5. The van der Waals surface area contributed by atoms with Crippen molar-refractivity contribution < 1.29 is 9.53 Å². The van der Waals surface area contributed by atoms with Gasteiger partial charge in [0.15, 0.2) is 5.82 Å². The number of anilines is 2. The summed E-state index contributed by atoms with van der Waals surface area (Å²) in [5.41, 5.74) is 4.79. The number of piperidine rings is 1. The van der Waals surface area contributed by atoms with Gasteiger partial charge in [-0.05, 0) is 57.4 Å². The van der Waals surface area contributed by atoms with E-state index in [-0.39, 0.29) is 11.8 Å². The molecule has 0 bridgehead atoms. The van der Waals surface area contributed by atoms with Gasteiger partial charge in [0, 0.05) is 18.8 Å². The van der Waals surface area contributed by atoms with Crippen LogP contribution in [-0.4, -0.2) is 35.6 Å². The highest BCUT2D eigenvalue weighted by Crippen LogP contribution is 2.31. The molecule has 0 spiro atoms. The number of amides is 1. The second-order valence-electron chi connectivity index (χ2n) is 7.87. The number of ether oxygens (including phenoxy) is 1.